The van der Waals surface area contributed by atoms with E-state index in [1.807, 2.05) is 25.2 Å². The average molecular weight is 227 g/mol. The Kier molecular flexibility index (Phi) is 4.78. The van der Waals surface area contributed by atoms with Crippen molar-refractivity contribution in [3.8, 4) is 11.5 Å². The minimum absolute atomic E-state index is 0.165. The molecule has 0 aliphatic heterocycles. The molecule has 0 spiro atoms. The number of methoxy groups -OCH3 is 2. The van der Waals surface area contributed by atoms with Gasteiger partial charge in [0.1, 0.15) is 11.5 Å². The molecule has 0 amide bonds. The van der Waals surface area contributed by atoms with Crippen molar-refractivity contribution in [3.63, 3.8) is 0 Å². The summed E-state index contributed by atoms with van der Waals surface area (Å²) in [5.74, 6) is 2.39. The van der Waals surface area contributed by atoms with Gasteiger partial charge in [-0.1, -0.05) is 0 Å². The number of nitrogens with one attached hydrogen (secondary N) is 1. The molecule has 0 aromatic heterocycles. The molecule has 0 radical (unpaired) electrons. The Labute approximate surface area is 96.2 Å². The summed E-state index contributed by atoms with van der Waals surface area (Å²) in [4.78, 5) is 0. The monoisotopic (exact) mass is 227 g/mol. The van der Waals surface area contributed by atoms with Crippen molar-refractivity contribution in [2.45, 2.75) is 6.04 Å². The SMILES string of the molecule is CNC(CS)c1cc(OC)ccc1OC. The summed E-state index contributed by atoms with van der Waals surface area (Å²) in [6.45, 7) is 0. The molecule has 1 aromatic rings. The molecule has 0 aliphatic rings. The van der Waals surface area contributed by atoms with E-state index in [1.165, 1.54) is 0 Å². The zero-order valence-electron chi connectivity index (χ0n) is 9.28. The van der Waals surface area contributed by atoms with Crippen LogP contribution in [0.2, 0.25) is 0 Å². The Hall–Kier alpha value is -0.870. The molecule has 3 nitrogen and oxygen atoms in total. The van der Waals surface area contributed by atoms with Gasteiger partial charge in [-0.3, -0.25) is 0 Å². The summed E-state index contributed by atoms with van der Waals surface area (Å²) >= 11 is 4.30. The molecule has 84 valence electrons. The fourth-order valence-electron chi connectivity index (χ4n) is 1.46. The first kappa shape index (κ1) is 12.2. The lowest BCUT2D eigenvalue weighted by atomic mass is 10.1. The average Bonchev–Trinajstić information content (AvgIpc) is 2.30. The first-order chi connectivity index (χ1) is 7.26. The van der Waals surface area contributed by atoms with Crippen LogP contribution in [-0.2, 0) is 0 Å². The first-order valence-corrected chi connectivity index (χ1v) is 5.40. The van der Waals surface area contributed by atoms with E-state index in [1.54, 1.807) is 14.2 Å². The van der Waals surface area contributed by atoms with Gasteiger partial charge < -0.3 is 14.8 Å². The molecule has 0 heterocycles. The highest BCUT2D eigenvalue weighted by atomic mass is 32.1. The van der Waals surface area contributed by atoms with Crippen LogP contribution in [0.25, 0.3) is 0 Å². The van der Waals surface area contributed by atoms with Crippen LogP contribution in [0.5, 0.6) is 11.5 Å². The van der Waals surface area contributed by atoms with Gasteiger partial charge in [0, 0.05) is 17.4 Å². The fraction of sp³-hybridized carbons (Fsp3) is 0.455. The standard InChI is InChI=1S/C11H17NO2S/c1-12-10(7-15)9-6-8(13-2)4-5-11(9)14-3/h4-6,10,12,15H,7H2,1-3H3. The Morgan fingerprint density at radius 1 is 1.33 bits per heavy atom. The second-order valence-corrected chi connectivity index (χ2v) is 3.50. The molecule has 1 atom stereocenters. The number of benzene rings is 1. The Morgan fingerprint density at radius 3 is 2.53 bits per heavy atom. The fourth-order valence-corrected chi connectivity index (χ4v) is 1.84. The minimum Gasteiger partial charge on any atom is -0.497 e. The van der Waals surface area contributed by atoms with E-state index in [0.717, 1.165) is 17.1 Å². The highest BCUT2D eigenvalue weighted by molar-refractivity contribution is 7.80. The molecule has 4 heteroatoms. The number of thiol groups is 1. The maximum absolute atomic E-state index is 5.30. The van der Waals surface area contributed by atoms with Crippen LogP contribution in [0.3, 0.4) is 0 Å². The molecule has 0 bridgehead atoms. The third kappa shape index (κ3) is 2.79. The smallest absolute Gasteiger partial charge is 0.123 e. The molecule has 1 rings (SSSR count). The molecule has 0 saturated heterocycles. The zero-order chi connectivity index (χ0) is 11.3. The summed E-state index contributed by atoms with van der Waals surface area (Å²) in [5, 5.41) is 3.18. The van der Waals surface area contributed by atoms with Gasteiger partial charge in [-0.25, -0.2) is 0 Å². The van der Waals surface area contributed by atoms with Crippen LogP contribution in [0.15, 0.2) is 18.2 Å². The molecule has 0 aliphatic carbocycles. The Morgan fingerprint density at radius 2 is 2.07 bits per heavy atom. The van der Waals surface area contributed by atoms with Crippen molar-refractivity contribution in [1.29, 1.82) is 0 Å². The van der Waals surface area contributed by atoms with Gasteiger partial charge in [0.2, 0.25) is 0 Å². The van der Waals surface area contributed by atoms with Crippen LogP contribution in [-0.4, -0.2) is 27.0 Å². The maximum Gasteiger partial charge on any atom is 0.123 e. The van der Waals surface area contributed by atoms with Crippen LogP contribution in [0.1, 0.15) is 11.6 Å². The normalized spacial score (nSPS) is 12.3. The van der Waals surface area contributed by atoms with Crippen LogP contribution >= 0.6 is 12.6 Å². The minimum atomic E-state index is 0.165. The molecular weight excluding hydrogens is 210 g/mol. The summed E-state index contributed by atoms with van der Waals surface area (Å²) < 4.78 is 10.5. The zero-order valence-corrected chi connectivity index (χ0v) is 10.2. The largest absolute Gasteiger partial charge is 0.497 e. The molecule has 1 N–H and O–H groups in total. The van der Waals surface area contributed by atoms with Crippen molar-refractivity contribution >= 4 is 12.6 Å². The second-order valence-electron chi connectivity index (χ2n) is 3.13. The van der Waals surface area contributed by atoms with E-state index >= 15 is 0 Å². The quantitative estimate of drug-likeness (QED) is 0.753. The van der Waals surface area contributed by atoms with Gasteiger partial charge >= 0.3 is 0 Å². The van der Waals surface area contributed by atoms with Crippen LogP contribution in [0, 0.1) is 0 Å². The van der Waals surface area contributed by atoms with Gasteiger partial charge in [-0.2, -0.15) is 12.6 Å². The van der Waals surface area contributed by atoms with E-state index in [2.05, 4.69) is 17.9 Å². The predicted octanol–water partition coefficient (Wildman–Crippen LogP) is 1.89. The molecule has 0 fully saturated rings. The number of rotatable bonds is 5. The topological polar surface area (TPSA) is 30.5 Å². The van der Waals surface area contributed by atoms with Gasteiger partial charge in [0.15, 0.2) is 0 Å². The summed E-state index contributed by atoms with van der Waals surface area (Å²) in [7, 11) is 5.22. The Balaban J connectivity index is 3.09. The highest BCUT2D eigenvalue weighted by Gasteiger charge is 2.13. The third-order valence-corrected chi connectivity index (χ3v) is 2.71. The van der Waals surface area contributed by atoms with Crippen molar-refractivity contribution in [2.24, 2.45) is 0 Å². The van der Waals surface area contributed by atoms with Crippen molar-refractivity contribution in [2.75, 3.05) is 27.0 Å². The lowest BCUT2D eigenvalue weighted by Crippen LogP contribution is -2.18. The van der Waals surface area contributed by atoms with E-state index in [0.29, 0.717) is 5.75 Å². The van der Waals surface area contributed by atoms with Gasteiger partial charge in [-0.05, 0) is 25.2 Å². The highest BCUT2D eigenvalue weighted by Crippen LogP contribution is 2.29. The van der Waals surface area contributed by atoms with Crippen LogP contribution in [0.4, 0.5) is 0 Å². The van der Waals surface area contributed by atoms with Crippen molar-refractivity contribution in [1.82, 2.24) is 5.32 Å². The summed E-state index contributed by atoms with van der Waals surface area (Å²) in [6, 6.07) is 5.92. The summed E-state index contributed by atoms with van der Waals surface area (Å²) in [5.41, 5.74) is 1.06. The number of ether oxygens (including phenoxy) is 2. The predicted molar refractivity (Wildman–Crippen MR) is 65.2 cm³/mol. The van der Waals surface area contributed by atoms with Crippen LogP contribution < -0.4 is 14.8 Å². The molecule has 1 unspecified atom stereocenters. The molecule has 15 heavy (non-hydrogen) atoms. The lowest BCUT2D eigenvalue weighted by molar-refractivity contribution is 0.394. The first-order valence-electron chi connectivity index (χ1n) is 4.76. The number of hydrogen-bond acceptors (Lipinski definition) is 4. The van der Waals surface area contributed by atoms with Gasteiger partial charge in [0.05, 0.1) is 14.2 Å². The van der Waals surface area contributed by atoms with E-state index in [9.17, 15) is 0 Å². The van der Waals surface area contributed by atoms with Crippen molar-refractivity contribution < 1.29 is 9.47 Å². The maximum atomic E-state index is 5.30. The lowest BCUT2D eigenvalue weighted by Gasteiger charge is -2.18. The molecule has 1 aromatic carbocycles. The summed E-state index contributed by atoms with van der Waals surface area (Å²) in [6.07, 6.45) is 0. The molecule has 0 saturated carbocycles. The van der Waals surface area contributed by atoms with Gasteiger partial charge in [-0.15, -0.1) is 0 Å². The molecular formula is C11H17NO2S. The van der Waals surface area contributed by atoms with E-state index < -0.39 is 0 Å². The second kappa shape index (κ2) is 5.88. The number of hydrogen-bond donors (Lipinski definition) is 2. The van der Waals surface area contributed by atoms with E-state index in [4.69, 9.17) is 9.47 Å². The van der Waals surface area contributed by atoms with Gasteiger partial charge in [0.25, 0.3) is 0 Å². The third-order valence-electron chi connectivity index (χ3n) is 2.34. The Bertz CT molecular complexity index is 313. The van der Waals surface area contributed by atoms with E-state index in [-0.39, 0.29) is 6.04 Å². The van der Waals surface area contributed by atoms with Crippen molar-refractivity contribution in [3.05, 3.63) is 23.8 Å².